The smallest absolute Gasteiger partial charge is 0.329 e. The summed E-state index contributed by atoms with van der Waals surface area (Å²) in [5.74, 6) is 0.153. The first-order valence-electron chi connectivity index (χ1n) is 5.67. The molecule has 5 heteroatoms. The minimum atomic E-state index is -0.350. The maximum absolute atomic E-state index is 12.1. The fourth-order valence-electron chi connectivity index (χ4n) is 2.16. The Labute approximate surface area is 98.6 Å². The summed E-state index contributed by atoms with van der Waals surface area (Å²) < 4.78 is 0. The number of imide groups is 1. The maximum Gasteiger partial charge on any atom is 0.329 e. The number of urea groups is 1. The van der Waals surface area contributed by atoms with E-state index in [9.17, 15) is 9.59 Å². The molecule has 0 aromatic heterocycles. The SMILES string of the molecule is Nc1cccc(N2C(=O)NC(C3CC3)C2=O)c1. The lowest BCUT2D eigenvalue weighted by Crippen LogP contribution is -2.32. The van der Waals surface area contributed by atoms with Gasteiger partial charge >= 0.3 is 6.03 Å². The van der Waals surface area contributed by atoms with E-state index in [-0.39, 0.29) is 18.0 Å². The van der Waals surface area contributed by atoms with Gasteiger partial charge in [0.25, 0.3) is 5.91 Å². The molecule has 2 aliphatic rings. The largest absolute Gasteiger partial charge is 0.399 e. The van der Waals surface area contributed by atoms with Crippen LogP contribution in [-0.4, -0.2) is 18.0 Å². The van der Waals surface area contributed by atoms with E-state index in [1.165, 1.54) is 4.90 Å². The summed E-state index contributed by atoms with van der Waals surface area (Å²) in [7, 11) is 0. The highest BCUT2D eigenvalue weighted by Crippen LogP contribution is 2.36. The van der Waals surface area contributed by atoms with E-state index in [1.807, 2.05) is 0 Å². The monoisotopic (exact) mass is 231 g/mol. The summed E-state index contributed by atoms with van der Waals surface area (Å²) in [5.41, 5.74) is 6.73. The van der Waals surface area contributed by atoms with Gasteiger partial charge in [0.1, 0.15) is 6.04 Å². The number of anilines is 2. The standard InChI is InChI=1S/C12H13N3O2/c13-8-2-1-3-9(6-8)15-11(16)10(7-4-5-7)14-12(15)17/h1-3,6-7,10H,4-5,13H2,(H,14,17). The Bertz CT molecular complexity index is 496. The quantitative estimate of drug-likeness (QED) is 0.591. The molecule has 0 spiro atoms. The Morgan fingerprint density at radius 2 is 2.06 bits per heavy atom. The molecule has 3 rings (SSSR count). The molecule has 1 saturated heterocycles. The van der Waals surface area contributed by atoms with Crippen molar-refractivity contribution in [1.82, 2.24) is 5.32 Å². The molecule has 1 aromatic carbocycles. The van der Waals surface area contributed by atoms with Crippen molar-refractivity contribution in [3.05, 3.63) is 24.3 Å². The predicted octanol–water partition coefficient (Wildman–Crippen LogP) is 1.10. The molecule has 1 aliphatic carbocycles. The zero-order valence-corrected chi connectivity index (χ0v) is 9.22. The first-order chi connectivity index (χ1) is 8.16. The summed E-state index contributed by atoms with van der Waals surface area (Å²) in [6.07, 6.45) is 2.03. The second-order valence-corrected chi connectivity index (χ2v) is 4.53. The van der Waals surface area contributed by atoms with Crippen LogP contribution >= 0.6 is 0 Å². The van der Waals surface area contributed by atoms with Crippen molar-refractivity contribution in [1.29, 1.82) is 0 Å². The van der Waals surface area contributed by atoms with Gasteiger partial charge in [-0.05, 0) is 37.0 Å². The molecule has 1 unspecified atom stereocenters. The molecule has 17 heavy (non-hydrogen) atoms. The Morgan fingerprint density at radius 3 is 2.71 bits per heavy atom. The third-order valence-corrected chi connectivity index (χ3v) is 3.19. The maximum atomic E-state index is 12.1. The van der Waals surface area contributed by atoms with E-state index in [4.69, 9.17) is 5.73 Å². The van der Waals surface area contributed by atoms with Gasteiger partial charge in [0, 0.05) is 5.69 Å². The first kappa shape index (κ1) is 10.1. The number of hydrogen-bond donors (Lipinski definition) is 2. The number of benzene rings is 1. The van der Waals surface area contributed by atoms with E-state index in [0.717, 1.165) is 12.8 Å². The molecule has 1 aromatic rings. The number of amides is 3. The van der Waals surface area contributed by atoms with Gasteiger partial charge in [-0.2, -0.15) is 0 Å². The molecule has 5 nitrogen and oxygen atoms in total. The molecule has 88 valence electrons. The topological polar surface area (TPSA) is 75.4 Å². The number of nitrogens with zero attached hydrogens (tertiary/aromatic N) is 1. The molecule has 1 saturated carbocycles. The van der Waals surface area contributed by atoms with E-state index >= 15 is 0 Å². The van der Waals surface area contributed by atoms with Gasteiger partial charge in [-0.15, -0.1) is 0 Å². The molecule has 3 amide bonds. The summed E-state index contributed by atoms with van der Waals surface area (Å²) >= 11 is 0. The third kappa shape index (κ3) is 1.63. The second kappa shape index (κ2) is 3.48. The van der Waals surface area contributed by atoms with Crippen molar-refractivity contribution in [2.45, 2.75) is 18.9 Å². The number of nitrogens with one attached hydrogen (secondary N) is 1. The number of rotatable bonds is 2. The van der Waals surface area contributed by atoms with Gasteiger partial charge in [-0.3, -0.25) is 4.79 Å². The minimum Gasteiger partial charge on any atom is -0.399 e. The van der Waals surface area contributed by atoms with Gasteiger partial charge in [-0.1, -0.05) is 6.07 Å². The molecule has 0 radical (unpaired) electrons. The van der Waals surface area contributed by atoms with Crippen LogP contribution < -0.4 is 16.0 Å². The third-order valence-electron chi connectivity index (χ3n) is 3.19. The van der Waals surface area contributed by atoms with Crippen molar-refractivity contribution in [3.8, 4) is 0 Å². The predicted molar refractivity (Wildman–Crippen MR) is 63.4 cm³/mol. The van der Waals surface area contributed by atoms with Crippen molar-refractivity contribution in [2.24, 2.45) is 5.92 Å². The number of nitrogens with two attached hydrogens (primary N) is 1. The van der Waals surface area contributed by atoms with Crippen molar-refractivity contribution < 1.29 is 9.59 Å². The Kier molecular flexibility index (Phi) is 2.07. The van der Waals surface area contributed by atoms with E-state index in [0.29, 0.717) is 17.3 Å². The van der Waals surface area contributed by atoms with Crippen LogP contribution in [0.5, 0.6) is 0 Å². The molecular formula is C12H13N3O2. The Morgan fingerprint density at radius 1 is 1.29 bits per heavy atom. The minimum absolute atomic E-state index is 0.164. The summed E-state index contributed by atoms with van der Waals surface area (Å²) in [5, 5.41) is 2.73. The van der Waals surface area contributed by atoms with Gasteiger partial charge < -0.3 is 11.1 Å². The lowest BCUT2D eigenvalue weighted by Gasteiger charge is -2.13. The summed E-state index contributed by atoms with van der Waals surface area (Å²) in [6.45, 7) is 0. The van der Waals surface area contributed by atoms with Crippen LogP contribution in [-0.2, 0) is 4.79 Å². The molecule has 3 N–H and O–H groups in total. The van der Waals surface area contributed by atoms with Crippen LogP contribution in [0.2, 0.25) is 0 Å². The highest BCUT2D eigenvalue weighted by atomic mass is 16.2. The second-order valence-electron chi connectivity index (χ2n) is 4.53. The first-order valence-corrected chi connectivity index (χ1v) is 5.67. The van der Waals surface area contributed by atoms with Crippen molar-refractivity contribution >= 4 is 23.3 Å². The highest BCUT2D eigenvalue weighted by molar-refractivity contribution is 6.21. The Balaban J connectivity index is 1.92. The lowest BCUT2D eigenvalue weighted by molar-refractivity contribution is -0.118. The molecule has 2 fully saturated rings. The molecular weight excluding hydrogens is 218 g/mol. The van der Waals surface area contributed by atoms with Crippen LogP contribution in [0, 0.1) is 5.92 Å². The number of nitrogen functional groups attached to an aromatic ring is 1. The van der Waals surface area contributed by atoms with E-state index < -0.39 is 0 Å². The molecule has 1 aliphatic heterocycles. The average molecular weight is 231 g/mol. The molecule has 0 bridgehead atoms. The van der Waals surface area contributed by atoms with E-state index in [1.54, 1.807) is 24.3 Å². The molecule has 1 heterocycles. The Hall–Kier alpha value is -2.04. The van der Waals surface area contributed by atoms with Crippen LogP contribution in [0.15, 0.2) is 24.3 Å². The van der Waals surface area contributed by atoms with Gasteiger partial charge in [0.2, 0.25) is 0 Å². The fourth-order valence-corrected chi connectivity index (χ4v) is 2.16. The van der Waals surface area contributed by atoms with E-state index in [2.05, 4.69) is 5.32 Å². The normalized spacial score (nSPS) is 24.0. The van der Waals surface area contributed by atoms with Crippen LogP contribution in [0.25, 0.3) is 0 Å². The van der Waals surface area contributed by atoms with Crippen LogP contribution in [0.1, 0.15) is 12.8 Å². The summed E-state index contributed by atoms with van der Waals surface area (Å²) in [6, 6.07) is 6.10. The van der Waals surface area contributed by atoms with Crippen molar-refractivity contribution in [3.63, 3.8) is 0 Å². The van der Waals surface area contributed by atoms with Gasteiger partial charge in [-0.25, -0.2) is 9.69 Å². The fraction of sp³-hybridized carbons (Fsp3) is 0.333. The zero-order chi connectivity index (χ0) is 12.0. The average Bonchev–Trinajstić information content (AvgIpc) is 3.06. The zero-order valence-electron chi connectivity index (χ0n) is 9.22. The van der Waals surface area contributed by atoms with Crippen molar-refractivity contribution in [2.75, 3.05) is 10.6 Å². The van der Waals surface area contributed by atoms with Gasteiger partial charge in [0.05, 0.1) is 5.69 Å². The number of hydrogen-bond acceptors (Lipinski definition) is 3. The highest BCUT2D eigenvalue weighted by Gasteiger charge is 2.46. The lowest BCUT2D eigenvalue weighted by atomic mass is 10.2. The van der Waals surface area contributed by atoms with Crippen LogP contribution in [0.3, 0.4) is 0 Å². The summed E-state index contributed by atoms with van der Waals surface area (Å²) in [4.78, 5) is 25.1. The van der Waals surface area contributed by atoms with Crippen LogP contribution in [0.4, 0.5) is 16.2 Å². The number of carbonyl (C=O) groups is 2. The number of carbonyl (C=O) groups excluding carboxylic acids is 2. The van der Waals surface area contributed by atoms with Gasteiger partial charge in [0.15, 0.2) is 0 Å². The molecule has 1 atom stereocenters.